The molecule has 0 radical (unpaired) electrons. The van der Waals surface area contributed by atoms with E-state index in [9.17, 15) is 0 Å². The van der Waals surface area contributed by atoms with Gasteiger partial charge < -0.3 is 0 Å². The van der Waals surface area contributed by atoms with E-state index in [1.54, 1.807) is 0 Å². The van der Waals surface area contributed by atoms with Gasteiger partial charge in [-0.1, -0.05) is 50.1 Å². The van der Waals surface area contributed by atoms with Crippen LogP contribution in [0, 0.1) is 0 Å². The highest BCUT2D eigenvalue weighted by Crippen LogP contribution is 2.17. The van der Waals surface area contributed by atoms with Crippen molar-refractivity contribution in [2.75, 3.05) is 0 Å². The lowest BCUT2D eigenvalue weighted by molar-refractivity contribution is 1.40. The molecule has 0 unspecified atom stereocenters. The molecule has 0 nitrogen and oxygen atoms in total. The first-order chi connectivity index (χ1) is 4.34. The lowest BCUT2D eigenvalue weighted by atomic mass is 10.2. The SMILES string of the molecule is BrCc1ccccc1Br.[MgH2]. The van der Waals surface area contributed by atoms with Crippen molar-refractivity contribution in [3.8, 4) is 0 Å². The molecule has 3 heteroatoms. The topological polar surface area (TPSA) is 0 Å². The van der Waals surface area contributed by atoms with Crippen molar-refractivity contribution in [2.45, 2.75) is 5.33 Å². The van der Waals surface area contributed by atoms with Gasteiger partial charge in [0.05, 0.1) is 0 Å². The van der Waals surface area contributed by atoms with E-state index in [2.05, 4.69) is 37.9 Å². The van der Waals surface area contributed by atoms with Crippen LogP contribution in [0.2, 0.25) is 0 Å². The molecule has 0 N–H and O–H groups in total. The Hall–Kier alpha value is 0.946. The number of rotatable bonds is 1. The number of halogens is 2. The second-order valence-electron chi connectivity index (χ2n) is 1.73. The molecule has 1 aromatic rings. The Morgan fingerprint density at radius 2 is 1.80 bits per heavy atom. The number of hydrogen-bond donors (Lipinski definition) is 0. The van der Waals surface area contributed by atoms with Crippen LogP contribution >= 0.6 is 31.9 Å². The van der Waals surface area contributed by atoms with Crippen LogP contribution < -0.4 is 0 Å². The molecule has 0 aromatic heterocycles. The first-order valence-electron chi connectivity index (χ1n) is 2.64. The Bertz CT molecular complexity index is 201. The molecule has 52 valence electrons. The molecule has 0 heterocycles. The summed E-state index contributed by atoms with van der Waals surface area (Å²) in [5.41, 5.74) is 1.29. The lowest BCUT2D eigenvalue weighted by Crippen LogP contribution is -1.76. The fourth-order valence-electron chi connectivity index (χ4n) is 0.607. The van der Waals surface area contributed by atoms with Gasteiger partial charge in [0.1, 0.15) is 0 Å². The number of alkyl halides is 1. The molecule has 0 fully saturated rings. The smallest absolute Gasteiger partial charge is 0.0876 e. The Morgan fingerprint density at radius 3 is 2.20 bits per heavy atom. The summed E-state index contributed by atoms with van der Waals surface area (Å²) in [5, 5.41) is 0.911. The van der Waals surface area contributed by atoms with Crippen LogP contribution in [0.3, 0.4) is 0 Å². The maximum Gasteiger partial charge on any atom is 0.316 e. The van der Waals surface area contributed by atoms with Crippen LogP contribution in [0.25, 0.3) is 0 Å². The minimum Gasteiger partial charge on any atom is -0.0876 e. The lowest BCUT2D eigenvalue weighted by Gasteiger charge is -1.95. The normalized spacial score (nSPS) is 8.60. The van der Waals surface area contributed by atoms with Gasteiger partial charge in [-0.15, -0.1) is 0 Å². The Labute approximate surface area is 93.8 Å². The van der Waals surface area contributed by atoms with Gasteiger partial charge in [0.2, 0.25) is 0 Å². The molecular formula is C7H8Br2Mg. The van der Waals surface area contributed by atoms with E-state index in [-0.39, 0.29) is 23.1 Å². The predicted molar refractivity (Wildman–Crippen MR) is 55.3 cm³/mol. The molecule has 0 atom stereocenters. The third-order valence-electron chi connectivity index (χ3n) is 1.10. The van der Waals surface area contributed by atoms with Crippen molar-refractivity contribution < 1.29 is 0 Å². The third kappa shape index (κ3) is 2.90. The van der Waals surface area contributed by atoms with Crippen molar-refractivity contribution in [2.24, 2.45) is 0 Å². The van der Waals surface area contributed by atoms with Crippen LogP contribution in [-0.4, -0.2) is 23.1 Å². The Morgan fingerprint density at radius 1 is 1.20 bits per heavy atom. The average molecular weight is 276 g/mol. The monoisotopic (exact) mass is 274 g/mol. The van der Waals surface area contributed by atoms with Gasteiger partial charge in [0, 0.05) is 9.80 Å². The molecule has 0 aliphatic carbocycles. The molecule has 1 aromatic carbocycles. The maximum atomic E-state index is 3.43. The van der Waals surface area contributed by atoms with E-state index in [4.69, 9.17) is 0 Å². The first kappa shape index (κ1) is 10.9. The van der Waals surface area contributed by atoms with Crippen LogP contribution in [-0.2, 0) is 5.33 Å². The van der Waals surface area contributed by atoms with Gasteiger partial charge in [-0.2, -0.15) is 0 Å². The van der Waals surface area contributed by atoms with Gasteiger partial charge in [0.15, 0.2) is 0 Å². The summed E-state index contributed by atoms with van der Waals surface area (Å²) < 4.78 is 1.17. The zero-order chi connectivity index (χ0) is 6.69. The van der Waals surface area contributed by atoms with E-state index in [0.29, 0.717) is 0 Å². The fraction of sp³-hybridized carbons (Fsp3) is 0.143. The van der Waals surface area contributed by atoms with Crippen LogP contribution in [0.1, 0.15) is 5.56 Å². The standard InChI is InChI=1S/C7H6Br2.Mg.2H/c8-5-6-3-1-2-4-7(6)9;;;/h1-4H,5H2;;;. The summed E-state index contributed by atoms with van der Waals surface area (Å²) in [7, 11) is 0. The largest absolute Gasteiger partial charge is 0.316 e. The van der Waals surface area contributed by atoms with Crippen LogP contribution in [0.5, 0.6) is 0 Å². The molecule has 0 bridgehead atoms. The third-order valence-corrected chi connectivity index (χ3v) is 2.48. The molecule has 0 amide bonds. The summed E-state index contributed by atoms with van der Waals surface area (Å²) in [6, 6.07) is 8.16. The molecule has 0 saturated carbocycles. The molecule has 0 spiro atoms. The predicted octanol–water partition coefficient (Wildman–Crippen LogP) is 2.43. The van der Waals surface area contributed by atoms with E-state index >= 15 is 0 Å². The summed E-state index contributed by atoms with van der Waals surface area (Å²) in [5.74, 6) is 0. The van der Waals surface area contributed by atoms with Crippen molar-refractivity contribution in [1.82, 2.24) is 0 Å². The summed E-state index contributed by atoms with van der Waals surface area (Å²) in [4.78, 5) is 0. The Balaban J connectivity index is 0.000000810. The van der Waals surface area contributed by atoms with Crippen molar-refractivity contribution in [3.63, 3.8) is 0 Å². The van der Waals surface area contributed by atoms with Gasteiger partial charge >= 0.3 is 23.1 Å². The summed E-state index contributed by atoms with van der Waals surface area (Å²) >= 11 is 6.80. The number of hydrogen-bond acceptors (Lipinski definition) is 0. The first-order valence-corrected chi connectivity index (χ1v) is 4.55. The quantitative estimate of drug-likeness (QED) is 0.546. The maximum absolute atomic E-state index is 3.43. The second kappa shape index (κ2) is 5.58. The van der Waals surface area contributed by atoms with E-state index < -0.39 is 0 Å². The molecule has 0 aliphatic heterocycles. The highest BCUT2D eigenvalue weighted by atomic mass is 79.9. The van der Waals surface area contributed by atoms with E-state index in [1.165, 1.54) is 10.0 Å². The van der Waals surface area contributed by atoms with Gasteiger partial charge in [-0.05, 0) is 11.6 Å². The average Bonchev–Trinajstić information content (AvgIpc) is 1.89. The number of benzene rings is 1. The van der Waals surface area contributed by atoms with Crippen molar-refractivity contribution in [3.05, 3.63) is 34.3 Å². The van der Waals surface area contributed by atoms with Crippen LogP contribution in [0.4, 0.5) is 0 Å². The second-order valence-corrected chi connectivity index (χ2v) is 3.14. The fourth-order valence-corrected chi connectivity index (χ4v) is 1.90. The Kier molecular flexibility index (Phi) is 6.11. The minimum atomic E-state index is 0. The zero-order valence-electron chi connectivity index (χ0n) is 4.77. The zero-order valence-corrected chi connectivity index (χ0v) is 7.94. The van der Waals surface area contributed by atoms with Crippen molar-refractivity contribution in [1.29, 1.82) is 0 Å². The molecule has 10 heavy (non-hydrogen) atoms. The van der Waals surface area contributed by atoms with Gasteiger partial charge in [0.25, 0.3) is 0 Å². The van der Waals surface area contributed by atoms with Crippen LogP contribution in [0.15, 0.2) is 28.7 Å². The minimum absolute atomic E-state index is 0. The highest BCUT2D eigenvalue weighted by Gasteiger charge is 1.92. The summed E-state index contributed by atoms with van der Waals surface area (Å²) in [6.07, 6.45) is 0. The summed E-state index contributed by atoms with van der Waals surface area (Å²) in [6.45, 7) is 0. The van der Waals surface area contributed by atoms with Crippen molar-refractivity contribution >= 4 is 54.9 Å². The molecular weight excluding hydrogens is 268 g/mol. The molecule has 0 aliphatic rings. The molecule has 0 saturated heterocycles. The van der Waals surface area contributed by atoms with E-state index in [0.717, 1.165) is 5.33 Å². The molecule has 1 rings (SSSR count). The highest BCUT2D eigenvalue weighted by molar-refractivity contribution is 9.10. The van der Waals surface area contributed by atoms with Gasteiger partial charge in [-0.25, -0.2) is 0 Å². The van der Waals surface area contributed by atoms with Gasteiger partial charge in [-0.3, -0.25) is 0 Å². The van der Waals surface area contributed by atoms with E-state index in [1.807, 2.05) is 18.2 Å².